The molecule has 0 amide bonds. The van der Waals surface area contributed by atoms with Gasteiger partial charge in [0.25, 0.3) is 0 Å². The molecule has 1 unspecified atom stereocenters. The van der Waals surface area contributed by atoms with E-state index >= 15 is 0 Å². The van der Waals surface area contributed by atoms with Gasteiger partial charge in [-0.3, -0.25) is 4.57 Å². The fourth-order valence-corrected chi connectivity index (χ4v) is 5.65. The zero-order chi connectivity index (χ0) is 26.3. The van der Waals surface area contributed by atoms with E-state index < -0.39 is 7.52 Å². The first-order valence-electron chi connectivity index (χ1n) is 11.4. The van der Waals surface area contributed by atoms with E-state index in [4.69, 9.17) is 28.9 Å². The minimum absolute atomic E-state index is 0.0593. The summed E-state index contributed by atoms with van der Waals surface area (Å²) in [4.78, 5) is 16.3. The van der Waals surface area contributed by atoms with Crippen molar-refractivity contribution < 1.29 is 32.5 Å². The highest BCUT2D eigenvalue weighted by Gasteiger charge is 2.33. The highest BCUT2D eigenvalue weighted by Crippen LogP contribution is 2.46. The van der Waals surface area contributed by atoms with Gasteiger partial charge in [0, 0.05) is 18.1 Å². The van der Waals surface area contributed by atoms with Crippen LogP contribution >= 0.6 is 18.9 Å². The summed E-state index contributed by atoms with van der Waals surface area (Å²) in [5.74, 6) is 2.17. The van der Waals surface area contributed by atoms with Gasteiger partial charge in [-0.25, -0.2) is 10.1 Å². The van der Waals surface area contributed by atoms with Crippen molar-refractivity contribution in [2.45, 2.75) is 40.2 Å². The summed E-state index contributed by atoms with van der Waals surface area (Å²) in [6, 6.07) is 8.06. The van der Waals surface area contributed by atoms with Crippen LogP contribution in [0.5, 0.6) is 17.2 Å². The molecule has 0 bridgehead atoms. The molecule has 0 spiro atoms. The smallest absolute Gasteiger partial charge is 0.382 e. The number of nitrogens with zero attached hydrogens (tertiary/aromatic N) is 1. The van der Waals surface area contributed by atoms with Crippen LogP contribution in [0.1, 0.15) is 32.6 Å². The van der Waals surface area contributed by atoms with Crippen LogP contribution in [-0.2, 0) is 20.5 Å². The molecule has 3 N–H and O–H groups in total. The van der Waals surface area contributed by atoms with E-state index in [1.165, 1.54) is 11.3 Å². The molecule has 1 aliphatic heterocycles. The number of aldehydes is 1. The van der Waals surface area contributed by atoms with E-state index in [2.05, 4.69) is 23.9 Å². The lowest BCUT2D eigenvalue weighted by Crippen LogP contribution is -2.24. The zero-order valence-corrected chi connectivity index (χ0v) is 22.7. The molecule has 0 aliphatic carbocycles. The first-order valence-corrected chi connectivity index (χ1v) is 13.9. The number of hydrogen-bond donors (Lipinski definition) is 2. The molecule has 10 nitrogen and oxygen atoms in total. The number of aromatic nitrogens is 1. The minimum Gasteiger partial charge on any atom is -0.454 e. The predicted molar refractivity (Wildman–Crippen MR) is 139 cm³/mol. The van der Waals surface area contributed by atoms with Gasteiger partial charge in [-0.05, 0) is 50.5 Å². The van der Waals surface area contributed by atoms with E-state index in [1.54, 1.807) is 37.4 Å². The molecule has 0 saturated carbocycles. The third-order valence-electron chi connectivity index (χ3n) is 4.86. The minimum atomic E-state index is -3.77. The number of nitrogen functional groups attached to an aromatic ring is 1. The first kappa shape index (κ1) is 27.7. The lowest BCUT2D eigenvalue weighted by Gasteiger charge is -2.17. The number of furan rings is 1. The number of nitrogens with one attached hydrogen (secondary N) is 1. The molecule has 0 fully saturated rings. The summed E-state index contributed by atoms with van der Waals surface area (Å²) in [6.45, 7) is 8.13. The van der Waals surface area contributed by atoms with E-state index in [0.29, 0.717) is 46.4 Å². The molecule has 0 saturated heterocycles. The summed E-state index contributed by atoms with van der Waals surface area (Å²) in [7, 11) is -2.07. The highest BCUT2D eigenvalue weighted by molar-refractivity contribution is 7.65. The second-order valence-electron chi connectivity index (χ2n) is 8.53. The summed E-state index contributed by atoms with van der Waals surface area (Å²) >= 11 is 1.40. The Balaban J connectivity index is 0.000000658. The van der Waals surface area contributed by atoms with Crippen molar-refractivity contribution in [1.82, 2.24) is 10.1 Å². The molecule has 1 aromatic carbocycles. The number of rotatable bonds is 10. The SMILES string of the molecule is CC(C)Cc1sc(N)nc1-c1ccc(P(=O)(NCC=O)Oc2ccc3c(c2)OCO3)o1.COC(C)C. The molecule has 3 aromatic rings. The fraction of sp³-hybridized carbons (Fsp3) is 0.417. The van der Waals surface area contributed by atoms with E-state index in [1.807, 2.05) is 13.8 Å². The fourth-order valence-electron chi connectivity index (χ4n) is 3.08. The van der Waals surface area contributed by atoms with Crippen LogP contribution in [0.2, 0.25) is 0 Å². The van der Waals surface area contributed by atoms with Crippen LogP contribution < -0.4 is 30.3 Å². The summed E-state index contributed by atoms with van der Waals surface area (Å²) in [5.41, 5.74) is 6.59. The van der Waals surface area contributed by atoms with Gasteiger partial charge >= 0.3 is 7.52 Å². The van der Waals surface area contributed by atoms with Crippen molar-refractivity contribution in [3.8, 4) is 28.7 Å². The molecule has 12 heteroatoms. The first-order chi connectivity index (χ1) is 17.1. The van der Waals surface area contributed by atoms with Crippen LogP contribution in [-0.4, -0.2) is 37.8 Å². The van der Waals surface area contributed by atoms with Crippen LogP contribution in [0, 0.1) is 5.92 Å². The largest absolute Gasteiger partial charge is 0.454 e. The number of thiazole rings is 1. The van der Waals surface area contributed by atoms with Crippen molar-refractivity contribution in [1.29, 1.82) is 0 Å². The molecule has 0 radical (unpaired) electrons. The van der Waals surface area contributed by atoms with Crippen LogP contribution in [0.15, 0.2) is 34.7 Å². The Kier molecular flexibility index (Phi) is 9.56. The van der Waals surface area contributed by atoms with Crippen LogP contribution in [0.3, 0.4) is 0 Å². The normalized spacial score (nSPS) is 13.9. The Morgan fingerprint density at radius 3 is 2.58 bits per heavy atom. The second-order valence-corrected chi connectivity index (χ2v) is 11.7. The van der Waals surface area contributed by atoms with Crippen molar-refractivity contribution >= 4 is 35.8 Å². The Morgan fingerprint density at radius 2 is 1.92 bits per heavy atom. The number of ether oxygens (including phenoxy) is 3. The van der Waals surface area contributed by atoms with Gasteiger partial charge < -0.3 is 33.7 Å². The van der Waals surface area contributed by atoms with Crippen molar-refractivity contribution in [3.05, 3.63) is 35.2 Å². The molecule has 1 aliphatic rings. The Hall–Kier alpha value is -2.85. The molecule has 4 rings (SSSR count). The van der Waals surface area contributed by atoms with Gasteiger partial charge in [0.15, 0.2) is 22.4 Å². The van der Waals surface area contributed by atoms with Gasteiger partial charge in [0.05, 0.1) is 12.6 Å². The third kappa shape index (κ3) is 7.10. The highest BCUT2D eigenvalue weighted by atomic mass is 32.1. The maximum absolute atomic E-state index is 13.7. The van der Waals surface area contributed by atoms with E-state index in [-0.39, 0.29) is 24.6 Å². The van der Waals surface area contributed by atoms with Gasteiger partial charge in [0.1, 0.15) is 17.7 Å². The number of benzene rings is 1. The second kappa shape index (κ2) is 12.4. The molecule has 196 valence electrons. The number of anilines is 1. The van der Waals surface area contributed by atoms with Gasteiger partial charge in [0.2, 0.25) is 12.3 Å². The number of carbonyl (C=O) groups excluding carboxylic acids is 1. The van der Waals surface area contributed by atoms with E-state index in [9.17, 15) is 9.36 Å². The van der Waals surface area contributed by atoms with Crippen molar-refractivity contribution in [2.24, 2.45) is 5.92 Å². The third-order valence-corrected chi connectivity index (χ3v) is 7.65. The van der Waals surface area contributed by atoms with Gasteiger partial charge in [-0.1, -0.05) is 13.8 Å². The van der Waals surface area contributed by atoms with Crippen molar-refractivity contribution in [3.63, 3.8) is 0 Å². The Labute approximate surface area is 214 Å². The van der Waals surface area contributed by atoms with Gasteiger partial charge in [-0.15, -0.1) is 11.3 Å². The molecule has 36 heavy (non-hydrogen) atoms. The Bertz CT molecular complexity index is 1210. The monoisotopic (exact) mass is 537 g/mol. The summed E-state index contributed by atoms with van der Waals surface area (Å²) in [5, 5.41) is 3.08. The standard InChI is InChI=1S/C20H22N3O6PS.C4H10O/c1-12(2)9-17-19(23-20(21)31-17)15-5-6-18(28-15)30(25,22-7-8-24)29-13-3-4-14-16(10-13)27-11-26-14;1-4(2)5-3/h3-6,8,10,12H,7,9,11H2,1-2H3,(H2,21,23)(H,22,25);4H,1-3H3. The average molecular weight is 538 g/mol. The lowest BCUT2D eigenvalue weighted by atomic mass is 10.1. The molecule has 2 aromatic heterocycles. The van der Waals surface area contributed by atoms with Crippen LogP contribution in [0.25, 0.3) is 11.5 Å². The van der Waals surface area contributed by atoms with E-state index in [0.717, 1.165) is 11.3 Å². The number of fused-ring (bicyclic) bond motifs is 1. The average Bonchev–Trinajstić information content (AvgIpc) is 3.57. The molecule has 1 atom stereocenters. The topological polar surface area (TPSA) is 135 Å². The van der Waals surface area contributed by atoms with Crippen LogP contribution in [0.4, 0.5) is 5.13 Å². The predicted octanol–water partition coefficient (Wildman–Crippen LogP) is 4.64. The zero-order valence-electron chi connectivity index (χ0n) is 21.0. The number of hydrogen-bond acceptors (Lipinski definition) is 10. The maximum Gasteiger partial charge on any atom is 0.382 e. The Morgan fingerprint density at radius 1 is 1.19 bits per heavy atom. The summed E-state index contributed by atoms with van der Waals surface area (Å²) < 4.78 is 40.7. The quantitative estimate of drug-likeness (QED) is 0.278. The lowest BCUT2D eigenvalue weighted by molar-refractivity contribution is -0.106. The summed E-state index contributed by atoms with van der Waals surface area (Å²) in [6.07, 6.45) is 1.77. The number of nitrogens with two attached hydrogens (primary N) is 1. The molecule has 3 heterocycles. The molecular formula is C24H32N3O7PS. The van der Waals surface area contributed by atoms with Gasteiger partial charge in [-0.2, -0.15) is 0 Å². The maximum atomic E-state index is 13.7. The molecular weight excluding hydrogens is 505 g/mol. The van der Waals surface area contributed by atoms with Crippen molar-refractivity contribution in [2.75, 3.05) is 26.2 Å². The number of carbonyl (C=O) groups is 1. The number of methoxy groups -OCH3 is 1.